The summed E-state index contributed by atoms with van der Waals surface area (Å²) >= 11 is 0. The van der Waals surface area contributed by atoms with Crippen molar-refractivity contribution in [2.24, 2.45) is 0 Å². The Morgan fingerprint density at radius 2 is 1.81 bits per heavy atom. The van der Waals surface area contributed by atoms with Crippen molar-refractivity contribution < 1.29 is 22.7 Å². The molecule has 0 bridgehead atoms. The Labute approximate surface area is 157 Å². The summed E-state index contributed by atoms with van der Waals surface area (Å²) in [4.78, 5) is 12.1. The lowest BCUT2D eigenvalue weighted by molar-refractivity contribution is 0.174. The van der Waals surface area contributed by atoms with Crippen LogP contribution in [0.25, 0.3) is 0 Å². The molecule has 8 nitrogen and oxygen atoms in total. The standard InChI is InChI=1S/C18H21N3O5S/c1-12(14-4-6-15(7-5-14)21-27(2,23)24)20-18(22)19-10-13-3-8-16-17(9-13)26-11-25-16/h3-9,12,21H,10-11H2,1-2H3,(H2,19,20,22)/t12-/m1/s1. The van der Waals surface area contributed by atoms with E-state index < -0.39 is 10.0 Å². The van der Waals surface area contributed by atoms with Crippen molar-refractivity contribution >= 4 is 21.7 Å². The Morgan fingerprint density at radius 1 is 1.11 bits per heavy atom. The van der Waals surface area contributed by atoms with E-state index >= 15 is 0 Å². The Bertz CT molecular complexity index is 929. The van der Waals surface area contributed by atoms with Crippen LogP contribution in [0.15, 0.2) is 42.5 Å². The maximum atomic E-state index is 12.1. The van der Waals surface area contributed by atoms with E-state index in [1.165, 1.54) is 0 Å². The van der Waals surface area contributed by atoms with Crippen LogP contribution in [0.4, 0.5) is 10.5 Å². The minimum absolute atomic E-state index is 0.211. The molecular formula is C18H21N3O5S. The second-order valence-electron chi connectivity index (χ2n) is 6.23. The van der Waals surface area contributed by atoms with Gasteiger partial charge in [-0.05, 0) is 42.3 Å². The number of hydrogen-bond acceptors (Lipinski definition) is 5. The largest absolute Gasteiger partial charge is 0.454 e. The van der Waals surface area contributed by atoms with Gasteiger partial charge in [0.25, 0.3) is 0 Å². The fraction of sp³-hybridized carbons (Fsp3) is 0.278. The average molecular weight is 391 g/mol. The smallest absolute Gasteiger partial charge is 0.315 e. The summed E-state index contributed by atoms with van der Waals surface area (Å²) in [5, 5.41) is 5.64. The number of hydrogen-bond donors (Lipinski definition) is 3. The van der Waals surface area contributed by atoms with Crippen LogP contribution in [0.2, 0.25) is 0 Å². The quantitative estimate of drug-likeness (QED) is 0.701. The normalized spacial score (nSPS) is 13.7. The summed E-state index contributed by atoms with van der Waals surface area (Å²) < 4.78 is 35.4. The second kappa shape index (κ2) is 7.75. The van der Waals surface area contributed by atoms with Crippen molar-refractivity contribution in [1.82, 2.24) is 10.6 Å². The van der Waals surface area contributed by atoms with Crippen molar-refractivity contribution in [1.29, 1.82) is 0 Å². The van der Waals surface area contributed by atoms with Crippen LogP contribution >= 0.6 is 0 Å². The lowest BCUT2D eigenvalue weighted by Crippen LogP contribution is -2.36. The number of benzene rings is 2. The highest BCUT2D eigenvalue weighted by Crippen LogP contribution is 2.32. The fourth-order valence-electron chi connectivity index (χ4n) is 2.62. The molecule has 0 fully saturated rings. The number of sulfonamides is 1. The number of rotatable bonds is 6. The monoisotopic (exact) mass is 391 g/mol. The topological polar surface area (TPSA) is 106 Å². The zero-order chi connectivity index (χ0) is 19.4. The van der Waals surface area contributed by atoms with Crippen LogP contribution in [-0.4, -0.2) is 27.5 Å². The molecule has 1 aliphatic rings. The molecule has 0 unspecified atom stereocenters. The van der Waals surface area contributed by atoms with E-state index in [1.54, 1.807) is 24.3 Å². The van der Waals surface area contributed by atoms with Crippen molar-refractivity contribution in [3.8, 4) is 11.5 Å². The Balaban J connectivity index is 1.51. The molecule has 9 heteroatoms. The van der Waals surface area contributed by atoms with Crippen LogP contribution in [-0.2, 0) is 16.6 Å². The van der Waals surface area contributed by atoms with Crippen LogP contribution in [0.3, 0.4) is 0 Å². The molecule has 1 atom stereocenters. The molecule has 27 heavy (non-hydrogen) atoms. The van der Waals surface area contributed by atoms with Crippen LogP contribution in [0, 0.1) is 0 Å². The zero-order valence-electron chi connectivity index (χ0n) is 15.0. The lowest BCUT2D eigenvalue weighted by Gasteiger charge is -2.16. The Hall–Kier alpha value is -2.94. The molecule has 3 N–H and O–H groups in total. The van der Waals surface area contributed by atoms with Gasteiger partial charge in [0.15, 0.2) is 11.5 Å². The molecule has 2 aromatic carbocycles. The lowest BCUT2D eigenvalue weighted by atomic mass is 10.1. The number of amides is 2. The minimum Gasteiger partial charge on any atom is -0.454 e. The zero-order valence-corrected chi connectivity index (χ0v) is 15.8. The summed E-state index contributed by atoms with van der Waals surface area (Å²) in [5.41, 5.74) is 2.23. The highest BCUT2D eigenvalue weighted by atomic mass is 32.2. The number of carbonyl (C=O) groups excluding carboxylic acids is 1. The average Bonchev–Trinajstić information content (AvgIpc) is 3.07. The third-order valence-corrected chi connectivity index (χ3v) is 4.56. The number of fused-ring (bicyclic) bond motifs is 1. The maximum absolute atomic E-state index is 12.1. The van der Waals surface area contributed by atoms with Gasteiger partial charge in [0, 0.05) is 12.2 Å². The van der Waals surface area contributed by atoms with E-state index in [0.29, 0.717) is 23.7 Å². The molecule has 2 amide bonds. The molecule has 1 heterocycles. The van der Waals surface area contributed by atoms with Crippen LogP contribution in [0.1, 0.15) is 24.1 Å². The predicted octanol–water partition coefficient (Wildman–Crippen LogP) is 2.35. The third-order valence-electron chi connectivity index (χ3n) is 3.95. The summed E-state index contributed by atoms with van der Waals surface area (Å²) in [6.07, 6.45) is 1.09. The molecule has 0 spiro atoms. The van der Waals surface area contributed by atoms with Gasteiger partial charge in [0.05, 0.1) is 12.3 Å². The van der Waals surface area contributed by atoms with Gasteiger partial charge >= 0.3 is 6.03 Å². The van der Waals surface area contributed by atoms with Gasteiger partial charge in [-0.25, -0.2) is 13.2 Å². The Morgan fingerprint density at radius 3 is 2.52 bits per heavy atom. The van der Waals surface area contributed by atoms with Crippen molar-refractivity contribution in [3.63, 3.8) is 0 Å². The summed E-state index contributed by atoms with van der Waals surface area (Å²) in [6, 6.07) is 11.8. The van der Waals surface area contributed by atoms with Gasteiger partial charge in [-0.15, -0.1) is 0 Å². The number of carbonyl (C=O) groups is 1. The summed E-state index contributed by atoms with van der Waals surface area (Å²) in [7, 11) is -3.31. The number of nitrogens with one attached hydrogen (secondary N) is 3. The van der Waals surface area contributed by atoms with Crippen molar-refractivity contribution in [2.75, 3.05) is 17.8 Å². The van der Waals surface area contributed by atoms with Gasteiger partial charge in [-0.2, -0.15) is 0 Å². The van der Waals surface area contributed by atoms with Gasteiger partial charge in [0.1, 0.15) is 0 Å². The molecule has 0 radical (unpaired) electrons. The molecule has 0 saturated carbocycles. The van der Waals surface area contributed by atoms with Crippen molar-refractivity contribution in [2.45, 2.75) is 19.5 Å². The van der Waals surface area contributed by atoms with Gasteiger partial charge in [-0.1, -0.05) is 18.2 Å². The molecule has 0 aromatic heterocycles. The van der Waals surface area contributed by atoms with Gasteiger partial charge in [-0.3, -0.25) is 4.72 Å². The molecular weight excluding hydrogens is 370 g/mol. The van der Waals surface area contributed by atoms with E-state index in [9.17, 15) is 13.2 Å². The van der Waals surface area contributed by atoms with E-state index in [0.717, 1.165) is 17.4 Å². The second-order valence-corrected chi connectivity index (χ2v) is 7.98. The van der Waals surface area contributed by atoms with Crippen LogP contribution in [0.5, 0.6) is 11.5 Å². The highest BCUT2D eigenvalue weighted by molar-refractivity contribution is 7.92. The molecule has 0 saturated heterocycles. The first-order chi connectivity index (χ1) is 12.8. The number of anilines is 1. The van der Waals surface area contributed by atoms with Crippen LogP contribution < -0.4 is 24.8 Å². The van der Waals surface area contributed by atoms with E-state index in [1.807, 2.05) is 25.1 Å². The summed E-state index contributed by atoms with van der Waals surface area (Å²) in [5.74, 6) is 1.37. The van der Waals surface area contributed by atoms with Gasteiger partial charge in [0.2, 0.25) is 16.8 Å². The minimum atomic E-state index is -3.31. The van der Waals surface area contributed by atoms with Crippen molar-refractivity contribution in [3.05, 3.63) is 53.6 Å². The molecule has 0 aliphatic carbocycles. The molecule has 3 rings (SSSR count). The van der Waals surface area contributed by atoms with E-state index in [4.69, 9.17) is 9.47 Å². The SMILES string of the molecule is C[C@@H](NC(=O)NCc1ccc2c(c1)OCO2)c1ccc(NS(C)(=O)=O)cc1. The first-order valence-corrected chi connectivity index (χ1v) is 10.2. The number of ether oxygens (including phenoxy) is 2. The first-order valence-electron chi connectivity index (χ1n) is 8.31. The molecule has 2 aromatic rings. The Kier molecular flexibility index (Phi) is 5.41. The van der Waals surface area contributed by atoms with E-state index in [-0.39, 0.29) is 18.9 Å². The molecule has 144 valence electrons. The first kappa shape index (κ1) is 18.8. The molecule has 1 aliphatic heterocycles. The highest BCUT2D eigenvalue weighted by Gasteiger charge is 2.14. The maximum Gasteiger partial charge on any atom is 0.315 e. The van der Waals surface area contributed by atoms with E-state index in [2.05, 4.69) is 15.4 Å². The fourth-order valence-corrected chi connectivity index (χ4v) is 3.18. The number of urea groups is 1. The summed E-state index contributed by atoms with van der Waals surface area (Å²) in [6.45, 7) is 2.41. The van der Waals surface area contributed by atoms with Gasteiger partial charge < -0.3 is 20.1 Å². The third kappa shape index (κ3) is 5.27. The predicted molar refractivity (Wildman–Crippen MR) is 101 cm³/mol.